The molecule has 0 aliphatic carbocycles. The van der Waals surface area contributed by atoms with Gasteiger partial charge >= 0.3 is 0 Å². The maximum absolute atomic E-state index is 13.2. The number of carbonyl (C=O) groups is 1. The molecule has 1 saturated heterocycles. The highest BCUT2D eigenvalue weighted by Gasteiger charge is 2.26. The number of hydrogen-bond donors (Lipinski definition) is 1. The molecule has 0 bridgehead atoms. The van der Waals surface area contributed by atoms with Crippen LogP contribution in [0.25, 0.3) is 0 Å². The highest BCUT2D eigenvalue weighted by atomic mass is 16.5. The zero-order valence-electron chi connectivity index (χ0n) is 22.0. The normalized spacial score (nSPS) is 14.6. The van der Waals surface area contributed by atoms with Crippen molar-refractivity contribution >= 4 is 5.91 Å². The Balaban J connectivity index is 1.36. The summed E-state index contributed by atoms with van der Waals surface area (Å²) in [7, 11) is 3.24. The standard InChI is InChI=1S/C29H37N3O4/c1-19-16-24(36-21(19)3)18-32-14-11-23(12-15-32)28-25(8-6-20(2)31-28)29(33)30-13-10-22-7-9-26(34-4)27(17-22)35-5/h6-9,16-17,23H,10-15,18H2,1-5H3,(H,30,33). The number of nitrogens with one attached hydrogen (secondary N) is 1. The van der Waals surface area contributed by atoms with Gasteiger partial charge in [-0.1, -0.05) is 6.07 Å². The maximum atomic E-state index is 13.2. The Hall–Kier alpha value is -3.32. The van der Waals surface area contributed by atoms with E-state index < -0.39 is 0 Å². The van der Waals surface area contributed by atoms with Gasteiger partial charge in [-0.05, 0) is 94.6 Å². The predicted molar refractivity (Wildman–Crippen MR) is 140 cm³/mol. The molecule has 7 nitrogen and oxygen atoms in total. The summed E-state index contributed by atoms with van der Waals surface area (Å²) >= 11 is 0. The number of amides is 1. The molecule has 1 fully saturated rings. The molecule has 3 aromatic rings. The van der Waals surface area contributed by atoms with Crippen LogP contribution in [-0.4, -0.2) is 49.6 Å². The number of methoxy groups -OCH3 is 2. The van der Waals surface area contributed by atoms with Gasteiger partial charge in [-0.3, -0.25) is 14.7 Å². The lowest BCUT2D eigenvalue weighted by Crippen LogP contribution is -2.34. The van der Waals surface area contributed by atoms with E-state index in [0.717, 1.165) is 60.9 Å². The molecular formula is C29H37N3O4. The van der Waals surface area contributed by atoms with Crippen LogP contribution in [0.5, 0.6) is 11.5 Å². The molecule has 3 heterocycles. The van der Waals surface area contributed by atoms with Crippen molar-refractivity contribution in [1.82, 2.24) is 15.2 Å². The van der Waals surface area contributed by atoms with Crippen LogP contribution in [-0.2, 0) is 13.0 Å². The van der Waals surface area contributed by atoms with Crippen LogP contribution in [0.1, 0.15) is 63.2 Å². The first kappa shape index (κ1) is 25.8. The minimum atomic E-state index is -0.0676. The van der Waals surface area contributed by atoms with Gasteiger partial charge < -0.3 is 19.2 Å². The van der Waals surface area contributed by atoms with Crippen LogP contribution in [0.2, 0.25) is 0 Å². The molecule has 7 heteroatoms. The van der Waals surface area contributed by atoms with E-state index in [-0.39, 0.29) is 11.8 Å². The third-order valence-corrected chi connectivity index (χ3v) is 7.03. The molecule has 1 aliphatic rings. The SMILES string of the molecule is COc1ccc(CCNC(=O)c2ccc(C)nc2C2CCN(Cc3cc(C)c(C)o3)CC2)cc1OC. The molecule has 1 N–H and O–H groups in total. The van der Waals surface area contributed by atoms with Gasteiger partial charge in [0.05, 0.1) is 32.0 Å². The van der Waals surface area contributed by atoms with E-state index in [9.17, 15) is 4.79 Å². The summed E-state index contributed by atoms with van der Waals surface area (Å²) < 4.78 is 16.6. The molecule has 1 aromatic carbocycles. The molecule has 2 aromatic heterocycles. The first-order chi connectivity index (χ1) is 17.4. The molecule has 1 amide bonds. The van der Waals surface area contributed by atoms with Gasteiger partial charge in [0.2, 0.25) is 0 Å². The summed E-state index contributed by atoms with van der Waals surface area (Å²) in [6.45, 7) is 9.35. The molecule has 0 atom stereocenters. The van der Waals surface area contributed by atoms with Crippen LogP contribution in [0, 0.1) is 20.8 Å². The molecule has 192 valence electrons. The van der Waals surface area contributed by atoms with E-state index in [0.29, 0.717) is 30.0 Å². The van der Waals surface area contributed by atoms with E-state index in [1.54, 1.807) is 14.2 Å². The fraction of sp³-hybridized carbons (Fsp3) is 0.448. The van der Waals surface area contributed by atoms with Crippen molar-refractivity contribution < 1.29 is 18.7 Å². The van der Waals surface area contributed by atoms with E-state index >= 15 is 0 Å². The Kier molecular flexibility index (Phi) is 8.31. The third-order valence-electron chi connectivity index (χ3n) is 7.03. The number of benzene rings is 1. The number of furan rings is 1. The maximum Gasteiger partial charge on any atom is 0.253 e. The summed E-state index contributed by atoms with van der Waals surface area (Å²) in [5.74, 6) is 3.60. The zero-order valence-corrected chi connectivity index (χ0v) is 22.0. The first-order valence-corrected chi connectivity index (χ1v) is 12.6. The van der Waals surface area contributed by atoms with Crippen molar-refractivity contribution in [2.45, 2.75) is 52.5 Å². The minimum Gasteiger partial charge on any atom is -0.493 e. The quantitative estimate of drug-likeness (QED) is 0.456. The monoisotopic (exact) mass is 491 g/mol. The number of aromatic nitrogens is 1. The van der Waals surface area contributed by atoms with Crippen molar-refractivity contribution in [3.63, 3.8) is 0 Å². The second kappa shape index (κ2) is 11.6. The molecule has 4 rings (SSSR count). The van der Waals surface area contributed by atoms with Crippen molar-refractivity contribution in [2.24, 2.45) is 0 Å². The van der Waals surface area contributed by atoms with Crippen molar-refractivity contribution in [3.05, 3.63) is 76.0 Å². The van der Waals surface area contributed by atoms with Gasteiger partial charge in [-0.15, -0.1) is 0 Å². The van der Waals surface area contributed by atoms with E-state index in [2.05, 4.69) is 23.2 Å². The average molecular weight is 492 g/mol. The fourth-order valence-electron chi connectivity index (χ4n) is 4.84. The summed E-state index contributed by atoms with van der Waals surface area (Å²) in [6.07, 6.45) is 2.65. The number of aryl methyl sites for hydroxylation is 3. The van der Waals surface area contributed by atoms with Crippen LogP contribution >= 0.6 is 0 Å². The summed E-state index contributed by atoms with van der Waals surface area (Å²) in [5.41, 5.74) is 4.82. The van der Waals surface area contributed by atoms with Gasteiger partial charge in [0.1, 0.15) is 11.5 Å². The number of nitrogens with zero attached hydrogens (tertiary/aromatic N) is 2. The largest absolute Gasteiger partial charge is 0.493 e. The summed E-state index contributed by atoms with van der Waals surface area (Å²) in [6, 6.07) is 11.8. The Labute approximate surface area is 213 Å². The Morgan fingerprint density at radius 2 is 1.81 bits per heavy atom. The van der Waals surface area contributed by atoms with E-state index in [1.165, 1.54) is 5.56 Å². The number of carbonyl (C=O) groups excluding carboxylic acids is 1. The lowest BCUT2D eigenvalue weighted by molar-refractivity contribution is 0.0951. The molecule has 0 unspecified atom stereocenters. The van der Waals surface area contributed by atoms with Crippen LogP contribution in [0.3, 0.4) is 0 Å². The topological polar surface area (TPSA) is 76.8 Å². The summed E-state index contributed by atoms with van der Waals surface area (Å²) in [5, 5.41) is 3.09. The molecule has 0 saturated carbocycles. The van der Waals surface area contributed by atoms with E-state index in [4.69, 9.17) is 18.9 Å². The van der Waals surface area contributed by atoms with Crippen molar-refractivity contribution in [3.8, 4) is 11.5 Å². The molecule has 0 spiro atoms. The minimum absolute atomic E-state index is 0.0676. The number of piperidine rings is 1. The third kappa shape index (κ3) is 6.08. The van der Waals surface area contributed by atoms with Gasteiger partial charge in [0, 0.05) is 18.2 Å². The Morgan fingerprint density at radius 1 is 1.06 bits per heavy atom. The number of ether oxygens (including phenoxy) is 2. The van der Waals surface area contributed by atoms with Crippen molar-refractivity contribution in [1.29, 1.82) is 0 Å². The second-order valence-electron chi connectivity index (χ2n) is 9.58. The lowest BCUT2D eigenvalue weighted by Gasteiger charge is -2.31. The zero-order chi connectivity index (χ0) is 25.7. The number of rotatable bonds is 9. The molecule has 1 aliphatic heterocycles. The van der Waals surface area contributed by atoms with Crippen LogP contribution in [0.15, 0.2) is 40.8 Å². The predicted octanol–water partition coefficient (Wildman–Crippen LogP) is 4.97. The van der Waals surface area contributed by atoms with Crippen LogP contribution in [0.4, 0.5) is 0 Å². The smallest absolute Gasteiger partial charge is 0.253 e. The Morgan fingerprint density at radius 3 is 2.47 bits per heavy atom. The van der Waals surface area contributed by atoms with Gasteiger partial charge in [0.15, 0.2) is 11.5 Å². The highest BCUT2D eigenvalue weighted by Crippen LogP contribution is 2.31. The van der Waals surface area contributed by atoms with Gasteiger partial charge in [0.25, 0.3) is 5.91 Å². The second-order valence-corrected chi connectivity index (χ2v) is 9.58. The molecule has 0 radical (unpaired) electrons. The van der Waals surface area contributed by atoms with Crippen LogP contribution < -0.4 is 14.8 Å². The molecule has 36 heavy (non-hydrogen) atoms. The fourth-order valence-corrected chi connectivity index (χ4v) is 4.84. The number of likely N-dealkylation sites (tertiary alicyclic amines) is 1. The summed E-state index contributed by atoms with van der Waals surface area (Å²) in [4.78, 5) is 20.4. The molecular weight excluding hydrogens is 454 g/mol. The van der Waals surface area contributed by atoms with E-state index in [1.807, 2.05) is 44.2 Å². The van der Waals surface area contributed by atoms with Crippen molar-refractivity contribution in [2.75, 3.05) is 33.9 Å². The first-order valence-electron chi connectivity index (χ1n) is 12.6. The lowest BCUT2D eigenvalue weighted by atomic mass is 9.89. The number of pyridine rings is 1. The van der Waals surface area contributed by atoms with Gasteiger partial charge in [-0.2, -0.15) is 0 Å². The average Bonchev–Trinajstić information content (AvgIpc) is 3.20. The highest BCUT2D eigenvalue weighted by molar-refractivity contribution is 5.95. The number of hydrogen-bond acceptors (Lipinski definition) is 6. The Bertz CT molecular complexity index is 1180. The van der Waals surface area contributed by atoms with Gasteiger partial charge in [-0.25, -0.2) is 0 Å².